The highest BCUT2D eigenvalue weighted by atomic mass is 35.5. The van der Waals surface area contributed by atoms with Crippen LogP contribution in [0.1, 0.15) is 5.56 Å². The molecular formula is C17H14ClN5O2. The number of anilines is 1. The molecule has 7 nitrogen and oxygen atoms in total. The van der Waals surface area contributed by atoms with Gasteiger partial charge in [0, 0.05) is 10.7 Å². The van der Waals surface area contributed by atoms with Crippen LogP contribution >= 0.6 is 11.6 Å². The van der Waals surface area contributed by atoms with Crippen molar-refractivity contribution in [3.05, 3.63) is 59.4 Å². The Morgan fingerprint density at radius 2 is 2.08 bits per heavy atom. The summed E-state index contributed by atoms with van der Waals surface area (Å²) < 4.78 is 7.22. The van der Waals surface area contributed by atoms with E-state index >= 15 is 0 Å². The minimum atomic E-state index is -0.259. The molecular weight excluding hydrogens is 342 g/mol. The fourth-order valence-corrected chi connectivity index (χ4v) is 2.95. The number of halogens is 1. The van der Waals surface area contributed by atoms with Gasteiger partial charge in [0.1, 0.15) is 18.7 Å². The molecule has 3 aromatic rings. The maximum Gasteiger partial charge on any atom is 0.231 e. The highest BCUT2D eigenvalue weighted by Gasteiger charge is 2.26. The second-order valence-electron chi connectivity index (χ2n) is 5.75. The third-order valence-electron chi connectivity index (χ3n) is 4.05. The van der Waals surface area contributed by atoms with Crippen molar-refractivity contribution in [1.29, 1.82) is 0 Å². The molecule has 2 aromatic carbocycles. The van der Waals surface area contributed by atoms with Crippen LogP contribution in [0.25, 0.3) is 5.69 Å². The Hall–Kier alpha value is -2.93. The van der Waals surface area contributed by atoms with Crippen LogP contribution in [0.15, 0.2) is 48.8 Å². The zero-order chi connectivity index (χ0) is 17.2. The number of nitrogens with one attached hydrogen (secondary N) is 1. The predicted octanol–water partition coefficient (Wildman–Crippen LogP) is 2.51. The number of aromatic nitrogens is 4. The summed E-state index contributed by atoms with van der Waals surface area (Å²) in [5, 5.41) is 14.6. The molecule has 25 heavy (non-hydrogen) atoms. The van der Waals surface area contributed by atoms with Crippen molar-refractivity contribution in [3.8, 4) is 11.4 Å². The number of fused-ring (bicyclic) bond motifs is 1. The number of benzene rings is 2. The van der Waals surface area contributed by atoms with Gasteiger partial charge in [0.2, 0.25) is 5.91 Å². The van der Waals surface area contributed by atoms with Crippen molar-refractivity contribution in [1.82, 2.24) is 20.2 Å². The second kappa shape index (κ2) is 6.52. The minimum Gasteiger partial charge on any atom is -0.492 e. The van der Waals surface area contributed by atoms with Crippen LogP contribution in [-0.4, -0.2) is 32.7 Å². The van der Waals surface area contributed by atoms with E-state index < -0.39 is 0 Å². The summed E-state index contributed by atoms with van der Waals surface area (Å²) in [6.07, 6.45) is 2.11. The summed E-state index contributed by atoms with van der Waals surface area (Å²) in [6, 6.07) is 12.7. The molecule has 2 heterocycles. The number of rotatable bonds is 3. The van der Waals surface area contributed by atoms with Gasteiger partial charge in [-0.15, -0.1) is 5.10 Å². The molecule has 0 saturated heterocycles. The summed E-state index contributed by atoms with van der Waals surface area (Å²) in [5.41, 5.74) is 2.47. The van der Waals surface area contributed by atoms with Gasteiger partial charge >= 0.3 is 0 Å². The molecule has 1 N–H and O–H groups in total. The van der Waals surface area contributed by atoms with E-state index in [-0.39, 0.29) is 11.8 Å². The molecule has 1 aromatic heterocycles. The largest absolute Gasteiger partial charge is 0.492 e. The van der Waals surface area contributed by atoms with E-state index in [2.05, 4.69) is 20.8 Å². The van der Waals surface area contributed by atoms with E-state index in [0.717, 1.165) is 17.0 Å². The van der Waals surface area contributed by atoms with Crippen LogP contribution in [-0.2, 0) is 11.2 Å². The molecule has 0 saturated carbocycles. The second-order valence-corrected chi connectivity index (χ2v) is 6.19. The topological polar surface area (TPSA) is 81.9 Å². The number of hydrogen-bond acceptors (Lipinski definition) is 5. The van der Waals surface area contributed by atoms with Gasteiger partial charge in [0.05, 0.1) is 11.6 Å². The third kappa shape index (κ3) is 3.32. The maximum atomic E-state index is 12.5. The lowest BCUT2D eigenvalue weighted by molar-refractivity contribution is -0.121. The molecule has 4 rings (SSSR count). The quantitative estimate of drug-likeness (QED) is 0.780. The molecule has 0 fully saturated rings. The summed E-state index contributed by atoms with van der Waals surface area (Å²) in [6.45, 7) is 0.350. The average Bonchev–Trinajstić information content (AvgIpc) is 3.16. The van der Waals surface area contributed by atoms with Crippen LogP contribution < -0.4 is 10.1 Å². The van der Waals surface area contributed by atoms with Crippen molar-refractivity contribution in [2.24, 2.45) is 5.92 Å². The zero-order valence-corrected chi connectivity index (χ0v) is 13.8. The number of carbonyl (C=O) groups is 1. The fraction of sp³-hybridized carbons (Fsp3) is 0.176. The van der Waals surface area contributed by atoms with Gasteiger partial charge in [-0.3, -0.25) is 4.79 Å². The molecule has 126 valence electrons. The van der Waals surface area contributed by atoms with Gasteiger partial charge in [0.15, 0.2) is 0 Å². The van der Waals surface area contributed by atoms with Crippen LogP contribution in [0.3, 0.4) is 0 Å². The monoisotopic (exact) mass is 355 g/mol. The van der Waals surface area contributed by atoms with E-state index in [1.807, 2.05) is 36.4 Å². The smallest absolute Gasteiger partial charge is 0.231 e. The van der Waals surface area contributed by atoms with Crippen LogP contribution in [0, 0.1) is 5.92 Å². The van der Waals surface area contributed by atoms with Gasteiger partial charge < -0.3 is 10.1 Å². The number of ether oxygens (including phenoxy) is 1. The standard InChI is InChI=1S/C17H14ClN5O2/c18-13-1-6-16-11(8-13)7-12(9-25-16)17(24)20-14-2-4-15(5-3-14)23-10-19-21-22-23/h1-6,8,10,12H,7,9H2,(H,20,24)/t12-/m1/s1. The highest BCUT2D eigenvalue weighted by molar-refractivity contribution is 6.30. The Labute approximate surface area is 148 Å². The molecule has 1 aliphatic rings. The summed E-state index contributed by atoms with van der Waals surface area (Å²) in [7, 11) is 0. The predicted molar refractivity (Wildman–Crippen MR) is 91.9 cm³/mol. The first kappa shape index (κ1) is 15.6. The van der Waals surface area contributed by atoms with Gasteiger partial charge in [-0.05, 0) is 64.9 Å². The lowest BCUT2D eigenvalue weighted by Crippen LogP contribution is -2.32. The molecule has 0 spiro atoms. The Kier molecular flexibility index (Phi) is 4.07. The fourth-order valence-electron chi connectivity index (χ4n) is 2.75. The first-order valence-corrected chi connectivity index (χ1v) is 8.12. The van der Waals surface area contributed by atoms with Gasteiger partial charge in [-0.2, -0.15) is 0 Å². The number of tetrazole rings is 1. The minimum absolute atomic E-state index is 0.0826. The van der Waals surface area contributed by atoms with Crippen molar-refractivity contribution in [3.63, 3.8) is 0 Å². The SMILES string of the molecule is O=C(Nc1ccc(-n2cnnn2)cc1)[C@H]1COc2ccc(Cl)cc2C1. The Morgan fingerprint density at radius 3 is 2.84 bits per heavy atom. The number of amides is 1. The van der Waals surface area contributed by atoms with E-state index in [0.29, 0.717) is 23.7 Å². The summed E-state index contributed by atoms with van der Waals surface area (Å²) >= 11 is 6.02. The molecule has 1 amide bonds. The van der Waals surface area contributed by atoms with Gasteiger partial charge in [-0.1, -0.05) is 11.6 Å². The lowest BCUT2D eigenvalue weighted by Gasteiger charge is -2.24. The molecule has 8 heteroatoms. The number of nitrogens with zero attached hydrogens (tertiary/aromatic N) is 4. The van der Waals surface area contributed by atoms with E-state index in [1.54, 1.807) is 10.7 Å². The van der Waals surface area contributed by atoms with Crippen molar-refractivity contribution in [2.75, 3.05) is 11.9 Å². The van der Waals surface area contributed by atoms with Crippen molar-refractivity contribution in [2.45, 2.75) is 6.42 Å². The molecule has 0 unspecified atom stereocenters. The Morgan fingerprint density at radius 1 is 1.24 bits per heavy atom. The van der Waals surface area contributed by atoms with Gasteiger partial charge in [0.25, 0.3) is 0 Å². The number of hydrogen-bond donors (Lipinski definition) is 1. The van der Waals surface area contributed by atoms with Crippen LogP contribution in [0.4, 0.5) is 5.69 Å². The van der Waals surface area contributed by atoms with E-state index in [4.69, 9.17) is 16.3 Å². The first-order valence-electron chi connectivity index (χ1n) is 7.74. The molecule has 0 aliphatic carbocycles. The van der Waals surface area contributed by atoms with Gasteiger partial charge in [-0.25, -0.2) is 4.68 Å². The molecule has 1 aliphatic heterocycles. The summed E-state index contributed by atoms with van der Waals surface area (Å²) in [4.78, 5) is 12.5. The third-order valence-corrected chi connectivity index (χ3v) is 4.28. The number of carbonyl (C=O) groups excluding carboxylic acids is 1. The molecule has 0 radical (unpaired) electrons. The van der Waals surface area contributed by atoms with Crippen LogP contribution in [0.5, 0.6) is 5.75 Å². The molecule has 0 bridgehead atoms. The van der Waals surface area contributed by atoms with E-state index in [1.165, 1.54) is 6.33 Å². The Balaban J connectivity index is 1.44. The summed E-state index contributed by atoms with van der Waals surface area (Å²) in [5.74, 6) is 0.449. The normalized spacial score (nSPS) is 16.0. The lowest BCUT2D eigenvalue weighted by atomic mass is 9.96. The Bertz CT molecular complexity index is 896. The zero-order valence-electron chi connectivity index (χ0n) is 13.1. The maximum absolute atomic E-state index is 12.5. The highest BCUT2D eigenvalue weighted by Crippen LogP contribution is 2.30. The van der Waals surface area contributed by atoms with E-state index in [9.17, 15) is 4.79 Å². The average molecular weight is 356 g/mol. The molecule has 1 atom stereocenters. The van der Waals surface area contributed by atoms with Crippen LogP contribution in [0.2, 0.25) is 5.02 Å². The van der Waals surface area contributed by atoms with Crippen molar-refractivity contribution < 1.29 is 9.53 Å². The van der Waals surface area contributed by atoms with Crippen molar-refractivity contribution >= 4 is 23.2 Å². The first-order chi connectivity index (χ1) is 12.2.